The molecule has 10 nitrogen and oxygen atoms in total. The molecule has 0 aliphatic heterocycles. The Morgan fingerprint density at radius 2 is 1.56 bits per heavy atom. The molecule has 1 heterocycles. The molecule has 0 unspecified atom stereocenters. The summed E-state index contributed by atoms with van der Waals surface area (Å²) >= 11 is 6.11. The first-order valence-corrected chi connectivity index (χ1v) is 15.2. The lowest BCUT2D eigenvalue weighted by atomic mass is 9.81. The molecule has 1 fully saturated rings. The van der Waals surface area contributed by atoms with E-state index in [0.29, 0.717) is 12.5 Å². The molecule has 18 heteroatoms. The summed E-state index contributed by atoms with van der Waals surface area (Å²) < 4.78 is 102. The monoisotopic (exact) mass is 688 g/mol. The number of hydrogen-bond acceptors (Lipinski definition) is 8. The van der Waals surface area contributed by atoms with Gasteiger partial charge in [0.05, 0.1) is 16.5 Å². The smallest absolute Gasteiger partial charge is 0.367 e. The van der Waals surface area contributed by atoms with Gasteiger partial charge in [0.1, 0.15) is 23.8 Å². The van der Waals surface area contributed by atoms with E-state index in [4.69, 9.17) is 11.6 Å². The minimum Gasteiger partial charge on any atom is -0.367 e. The van der Waals surface area contributed by atoms with Gasteiger partial charge in [0.15, 0.2) is 27.2 Å². The summed E-state index contributed by atoms with van der Waals surface area (Å²) in [6, 6.07) is 3.36. The van der Waals surface area contributed by atoms with Crippen LogP contribution in [-0.4, -0.2) is 61.7 Å². The van der Waals surface area contributed by atoms with Gasteiger partial charge >= 0.3 is 12.4 Å². The van der Waals surface area contributed by atoms with Crippen molar-refractivity contribution in [3.63, 3.8) is 0 Å². The normalized spacial score (nSPS) is 14.6. The maximum absolute atomic E-state index is 12.7. The average Bonchev–Trinajstić information content (AvgIpc) is 2.87. The maximum Gasteiger partial charge on any atom is 0.431 e. The Bertz CT molecular complexity index is 1620. The number of nitrogens with one attached hydrogen (secondary N) is 2. The van der Waals surface area contributed by atoms with Gasteiger partial charge in [-0.05, 0) is 44.5 Å². The molecule has 1 aromatic carbocycles. The predicted octanol–water partition coefficient (Wildman–Crippen LogP) is 4.48. The first-order valence-electron chi connectivity index (χ1n) is 12.9. The van der Waals surface area contributed by atoms with E-state index in [2.05, 4.69) is 10.1 Å². The van der Waals surface area contributed by atoms with Gasteiger partial charge < -0.3 is 15.0 Å². The van der Waals surface area contributed by atoms with Crippen LogP contribution in [0.25, 0.3) is 0 Å². The molecule has 0 spiro atoms. The molecule has 0 atom stereocenters. The lowest BCUT2D eigenvalue weighted by Crippen LogP contribution is -2.35. The van der Waals surface area contributed by atoms with Gasteiger partial charge in [-0.3, -0.25) is 24.0 Å². The molecule has 1 aromatic heterocycles. The molecule has 1 saturated carbocycles. The van der Waals surface area contributed by atoms with Crippen molar-refractivity contribution >= 4 is 44.7 Å². The Kier molecular flexibility index (Phi) is 12.3. The Balaban J connectivity index is 0.000000355. The second-order valence-corrected chi connectivity index (χ2v) is 12.5. The minimum atomic E-state index is -4.65. The number of ketones is 3. The van der Waals surface area contributed by atoms with Crippen molar-refractivity contribution < 1.29 is 58.7 Å². The van der Waals surface area contributed by atoms with Gasteiger partial charge in [-0.2, -0.15) is 26.3 Å². The molecule has 0 radical (unpaired) electrons. The van der Waals surface area contributed by atoms with Crippen molar-refractivity contribution in [3.8, 4) is 0 Å². The van der Waals surface area contributed by atoms with Crippen LogP contribution >= 0.6 is 11.6 Å². The molecule has 1 aliphatic rings. The van der Waals surface area contributed by atoms with Crippen molar-refractivity contribution in [3.05, 3.63) is 62.0 Å². The van der Waals surface area contributed by atoms with Gasteiger partial charge in [-0.25, -0.2) is 8.42 Å². The average molecular weight is 689 g/mol. The largest absolute Gasteiger partial charge is 0.431 e. The molecule has 0 saturated heterocycles. The van der Waals surface area contributed by atoms with Crippen molar-refractivity contribution in [2.75, 3.05) is 12.9 Å². The number of amides is 1. The number of carbonyl (C=O) groups excluding carboxylic acids is 4. The summed E-state index contributed by atoms with van der Waals surface area (Å²) in [6.45, 7) is 0.880. The SMILES string of the molecule is CC(C)NC(=O)c1ccc(C(F)(F)F)[nH]c1=O.CS(=O)(=O)c1ccc(C(=O)C2C(=O)CCCC2=O)c(Cl)c1COCC(F)(F)F. The fraction of sp³-hybridized carbons (Fsp3) is 0.444. The van der Waals surface area contributed by atoms with Crippen LogP contribution < -0.4 is 10.9 Å². The summed E-state index contributed by atoms with van der Waals surface area (Å²) in [5, 5.41) is 1.96. The number of alkyl halides is 6. The van der Waals surface area contributed by atoms with Gasteiger partial charge in [0, 0.05) is 36.3 Å². The summed E-state index contributed by atoms with van der Waals surface area (Å²) in [5.74, 6) is -4.29. The Morgan fingerprint density at radius 1 is 1.00 bits per heavy atom. The fourth-order valence-electron chi connectivity index (χ4n) is 4.06. The third-order valence-corrected chi connectivity index (χ3v) is 7.62. The van der Waals surface area contributed by atoms with E-state index in [9.17, 15) is 58.7 Å². The highest BCUT2D eigenvalue weighted by Crippen LogP contribution is 2.32. The quantitative estimate of drug-likeness (QED) is 0.234. The number of ether oxygens (including phenoxy) is 1. The number of carbonyl (C=O) groups is 4. The zero-order valence-corrected chi connectivity index (χ0v) is 25.4. The number of aromatic amines is 1. The van der Waals surface area contributed by atoms with Gasteiger partial charge in [0.2, 0.25) is 0 Å². The molecule has 248 valence electrons. The van der Waals surface area contributed by atoms with Crippen LogP contribution in [0.15, 0.2) is 34.0 Å². The number of benzene rings is 1. The molecule has 1 aliphatic carbocycles. The van der Waals surface area contributed by atoms with E-state index in [1.807, 2.05) is 0 Å². The van der Waals surface area contributed by atoms with Crippen LogP contribution in [0.4, 0.5) is 26.3 Å². The van der Waals surface area contributed by atoms with E-state index < -0.39 is 85.7 Å². The molecule has 0 bridgehead atoms. The third-order valence-electron chi connectivity index (χ3n) is 6.01. The van der Waals surface area contributed by atoms with Crippen LogP contribution in [0.1, 0.15) is 65.1 Å². The number of Topliss-reactive ketones (excluding diaryl/α,β-unsaturated/α-hetero) is 3. The van der Waals surface area contributed by atoms with Crippen LogP contribution in [-0.2, 0) is 36.9 Å². The summed E-state index contributed by atoms with van der Waals surface area (Å²) in [5.41, 5.74) is -3.23. The predicted molar refractivity (Wildman–Crippen MR) is 147 cm³/mol. The summed E-state index contributed by atoms with van der Waals surface area (Å²) in [7, 11) is -3.90. The highest BCUT2D eigenvalue weighted by Gasteiger charge is 2.38. The number of halogens is 7. The van der Waals surface area contributed by atoms with E-state index in [0.717, 1.165) is 24.5 Å². The summed E-state index contributed by atoms with van der Waals surface area (Å²) in [4.78, 5) is 60.6. The van der Waals surface area contributed by atoms with E-state index in [1.165, 1.54) is 0 Å². The highest BCUT2D eigenvalue weighted by molar-refractivity contribution is 7.90. The van der Waals surface area contributed by atoms with E-state index in [1.54, 1.807) is 18.8 Å². The first-order chi connectivity index (χ1) is 20.5. The zero-order valence-electron chi connectivity index (χ0n) is 23.8. The number of pyridine rings is 1. The van der Waals surface area contributed by atoms with Crippen LogP contribution in [0.5, 0.6) is 0 Å². The minimum absolute atomic E-state index is 0.0444. The van der Waals surface area contributed by atoms with Crippen LogP contribution in [0.2, 0.25) is 5.02 Å². The molecule has 2 aromatic rings. The van der Waals surface area contributed by atoms with Crippen molar-refractivity contribution in [1.82, 2.24) is 10.3 Å². The number of hydrogen-bond donors (Lipinski definition) is 2. The number of aromatic nitrogens is 1. The van der Waals surface area contributed by atoms with Gasteiger partial charge in [0.25, 0.3) is 11.5 Å². The summed E-state index contributed by atoms with van der Waals surface area (Å²) in [6.07, 6.45) is -8.04. The van der Waals surface area contributed by atoms with E-state index >= 15 is 0 Å². The zero-order chi connectivity index (χ0) is 34.5. The second-order valence-electron chi connectivity index (χ2n) is 10.1. The topological polar surface area (TPSA) is 157 Å². The third kappa shape index (κ3) is 10.5. The lowest BCUT2D eigenvalue weighted by molar-refractivity contribution is -0.176. The Labute approximate surface area is 257 Å². The van der Waals surface area contributed by atoms with Gasteiger partial charge in [-0.15, -0.1) is 0 Å². The van der Waals surface area contributed by atoms with Crippen LogP contribution in [0.3, 0.4) is 0 Å². The number of rotatable bonds is 8. The van der Waals surface area contributed by atoms with Crippen molar-refractivity contribution in [1.29, 1.82) is 0 Å². The molecular formula is C27H27ClF6N2O8S. The Hall–Kier alpha value is -3.57. The molecule has 3 rings (SSSR count). The maximum atomic E-state index is 12.7. The molecule has 45 heavy (non-hydrogen) atoms. The molecule has 2 N–H and O–H groups in total. The Morgan fingerprint density at radius 3 is 2.02 bits per heavy atom. The number of H-pyrrole nitrogens is 1. The number of sulfone groups is 1. The lowest BCUT2D eigenvalue weighted by Gasteiger charge is -2.20. The van der Waals surface area contributed by atoms with Crippen molar-refractivity contribution in [2.45, 2.75) is 63.0 Å². The standard InChI is InChI=1S/C17H16ClF3O6S.C10H11F3N2O2/c1-28(25,26)13-6-5-9(15(18)10(13)7-27-8-17(19,20)21)16(24)14-11(22)3-2-4-12(14)23;1-5(2)14-8(16)6-3-4-7(10(11,12)13)15-9(6)17/h5-6,14H,2-4,7-8H2,1H3;3-5H,1-2H3,(H,14,16)(H,15,17). The van der Waals surface area contributed by atoms with Gasteiger partial charge in [-0.1, -0.05) is 11.6 Å². The highest BCUT2D eigenvalue weighted by atomic mass is 35.5. The van der Waals surface area contributed by atoms with E-state index in [-0.39, 0.29) is 35.6 Å². The fourth-order valence-corrected chi connectivity index (χ4v) is 5.35. The second kappa shape index (κ2) is 14.7. The molecular weight excluding hydrogens is 662 g/mol. The van der Waals surface area contributed by atoms with Crippen molar-refractivity contribution in [2.24, 2.45) is 5.92 Å². The molecule has 1 amide bonds. The van der Waals surface area contributed by atoms with Crippen LogP contribution in [0, 0.1) is 5.92 Å². The first kappa shape index (κ1) is 37.6.